The fourth-order valence-electron chi connectivity index (χ4n) is 6.13. The maximum Gasteiger partial charge on any atom is 0.0583 e. The molecule has 0 radical (unpaired) electrons. The Morgan fingerprint density at radius 2 is 1.93 bits per heavy atom. The van der Waals surface area contributed by atoms with Crippen LogP contribution in [0.25, 0.3) is 0 Å². The van der Waals surface area contributed by atoms with Crippen LogP contribution in [0.2, 0.25) is 0 Å². The number of aliphatic hydroxyl groups excluding tert-OH is 1. The second kappa shape index (κ2) is 9.38. The van der Waals surface area contributed by atoms with Crippen molar-refractivity contribution in [2.24, 2.45) is 35.0 Å². The second-order valence-corrected chi connectivity index (χ2v) is 10.1. The summed E-state index contributed by atoms with van der Waals surface area (Å²) in [6, 6.07) is 0. The Balaban J connectivity index is 1.75. The fourth-order valence-corrected chi connectivity index (χ4v) is 6.13. The Hall–Kier alpha value is -1.08. The van der Waals surface area contributed by atoms with Crippen molar-refractivity contribution in [3.63, 3.8) is 0 Å². The van der Waals surface area contributed by atoms with Gasteiger partial charge in [0.1, 0.15) is 0 Å². The molecule has 0 amide bonds. The molecular weight excluding hydrogens is 352 g/mol. The van der Waals surface area contributed by atoms with Crippen LogP contribution in [-0.4, -0.2) is 11.2 Å². The van der Waals surface area contributed by atoms with E-state index in [1.165, 1.54) is 17.6 Å². The van der Waals surface area contributed by atoms with Gasteiger partial charge in [0.15, 0.2) is 0 Å². The van der Waals surface area contributed by atoms with Crippen LogP contribution in [0, 0.1) is 35.0 Å². The third kappa shape index (κ3) is 4.98. The molecular formula is C28H44O. The number of hydrogen-bond donors (Lipinski definition) is 1. The molecule has 0 aromatic carbocycles. The summed E-state index contributed by atoms with van der Waals surface area (Å²) in [4.78, 5) is 0. The molecule has 0 saturated heterocycles. The molecule has 0 aromatic rings. The van der Waals surface area contributed by atoms with Crippen molar-refractivity contribution in [3.8, 4) is 0 Å². The zero-order valence-electron chi connectivity index (χ0n) is 24.6. The van der Waals surface area contributed by atoms with Gasteiger partial charge >= 0.3 is 0 Å². The van der Waals surface area contributed by atoms with Gasteiger partial charge in [-0.05, 0) is 91.9 Å². The van der Waals surface area contributed by atoms with Crippen molar-refractivity contribution >= 4 is 0 Å². The van der Waals surface area contributed by atoms with E-state index >= 15 is 0 Å². The Labute approximate surface area is 188 Å². The largest absolute Gasteiger partial charge is 0.393 e. The Morgan fingerprint density at radius 1 is 1.14 bits per heavy atom. The Bertz CT molecular complexity index is 850. The van der Waals surface area contributed by atoms with Crippen molar-refractivity contribution < 1.29 is 13.3 Å². The van der Waals surface area contributed by atoms with Crippen LogP contribution in [-0.2, 0) is 0 Å². The minimum atomic E-state index is -2.51. The van der Waals surface area contributed by atoms with Crippen LogP contribution in [0.4, 0.5) is 0 Å². The summed E-state index contributed by atoms with van der Waals surface area (Å²) >= 11 is 0. The van der Waals surface area contributed by atoms with Gasteiger partial charge in [-0.2, -0.15) is 0 Å². The molecule has 162 valence electrons. The first-order valence-corrected chi connectivity index (χ1v) is 11.6. The first-order valence-electron chi connectivity index (χ1n) is 14.6. The van der Waals surface area contributed by atoms with Crippen LogP contribution in [0.3, 0.4) is 0 Å². The average molecular weight is 403 g/mol. The summed E-state index contributed by atoms with van der Waals surface area (Å²) < 4.78 is 46.5. The highest BCUT2D eigenvalue weighted by Gasteiger charge is 2.50. The van der Waals surface area contributed by atoms with E-state index in [1.807, 2.05) is 6.08 Å². The molecule has 0 aliphatic heterocycles. The SMILES string of the molecule is [2H]C([2H])([2H])C([C@@H](C)C=C[C@@H](C)[C@H]1CC[C@H]2C(=CC=C3C[C@@H](O)CCC3=C)CCC[C@]12C)C([2H])([2H])[2H]. The topological polar surface area (TPSA) is 20.2 Å². The third-order valence-corrected chi connectivity index (χ3v) is 8.10. The summed E-state index contributed by atoms with van der Waals surface area (Å²) in [5, 5.41) is 10.1. The van der Waals surface area contributed by atoms with Gasteiger partial charge in [-0.25, -0.2) is 0 Å². The summed E-state index contributed by atoms with van der Waals surface area (Å²) in [5.74, 6) is -0.624. The van der Waals surface area contributed by atoms with E-state index in [-0.39, 0.29) is 17.4 Å². The predicted molar refractivity (Wildman–Crippen MR) is 126 cm³/mol. The first kappa shape index (κ1) is 15.7. The number of hydrogen-bond acceptors (Lipinski definition) is 1. The van der Waals surface area contributed by atoms with Gasteiger partial charge < -0.3 is 5.11 Å². The molecule has 6 atom stereocenters. The molecule has 3 aliphatic carbocycles. The van der Waals surface area contributed by atoms with Crippen LogP contribution in [0.15, 0.2) is 47.6 Å². The molecule has 0 unspecified atom stereocenters. The minimum absolute atomic E-state index is 0.187. The zero-order valence-corrected chi connectivity index (χ0v) is 18.6. The van der Waals surface area contributed by atoms with Gasteiger partial charge in [0.05, 0.1) is 6.10 Å². The maximum absolute atomic E-state index is 10.1. The van der Waals surface area contributed by atoms with E-state index in [9.17, 15) is 5.11 Å². The van der Waals surface area contributed by atoms with E-state index in [4.69, 9.17) is 8.22 Å². The number of rotatable bonds is 5. The number of allylic oxidation sites excluding steroid dienone is 6. The molecule has 3 aliphatic rings. The molecule has 29 heavy (non-hydrogen) atoms. The van der Waals surface area contributed by atoms with Crippen molar-refractivity contribution in [2.45, 2.75) is 91.9 Å². The highest BCUT2D eigenvalue weighted by molar-refractivity contribution is 5.36. The zero-order chi connectivity index (χ0) is 26.2. The van der Waals surface area contributed by atoms with Gasteiger partial charge in [-0.3, -0.25) is 0 Å². The van der Waals surface area contributed by atoms with E-state index in [2.05, 4.69) is 38.7 Å². The minimum Gasteiger partial charge on any atom is -0.393 e. The lowest BCUT2D eigenvalue weighted by Gasteiger charge is -2.44. The number of fused-ring (bicyclic) bond motifs is 1. The lowest BCUT2D eigenvalue weighted by atomic mass is 9.61. The highest BCUT2D eigenvalue weighted by Crippen LogP contribution is 2.59. The summed E-state index contributed by atoms with van der Waals surface area (Å²) in [6.07, 6.45) is 16.3. The van der Waals surface area contributed by atoms with E-state index in [0.717, 1.165) is 44.1 Å². The summed E-state index contributed by atoms with van der Waals surface area (Å²) in [5.41, 5.74) is 4.03. The maximum atomic E-state index is 10.1. The van der Waals surface area contributed by atoms with Crippen LogP contribution in [0.1, 0.15) is 94.1 Å². The monoisotopic (exact) mass is 402 g/mol. The molecule has 3 rings (SSSR count). The molecule has 0 heterocycles. The normalized spacial score (nSPS) is 42.1. The third-order valence-electron chi connectivity index (χ3n) is 8.10. The van der Waals surface area contributed by atoms with Crippen LogP contribution < -0.4 is 0 Å². The predicted octanol–water partition coefficient (Wildman–Crippen LogP) is 7.64. The van der Waals surface area contributed by atoms with Gasteiger partial charge in [0.2, 0.25) is 0 Å². The van der Waals surface area contributed by atoms with Gasteiger partial charge in [-0.1, -0.05) is 76.5 Å². The second-order valence-electron chi connectivity index (χ2n) is 10.1. The lowest BCUT2D eigenvalue weighted by molar-refractivity contribution is 0.112. The standard InChI is InChI=1S/C28H44O/c1-19(2)20(3)9-10-22(5)26-15-16-27-23(8-7-17-28(26,27)6)12-13-24-18-25(29)14-11-21(24)4/h9-10,12-13,19-20,22,25-27,29H,4,7-8,11,14-18H2,1-3,5-6H3/t20-,22+,25-,26+,27-,28+/m0/s1/i1D3,2D3. The summed E-state index contributed by atoms with van der Waals surface area (Å²) in [6.45, 7) is 5.51. The van der Waals surface area contributed by atoms with Crippen molar-refractivity contribution in [1.82, 2.24) is 0 Å². The average Bonchev–Trinajstić information content (AvgIpc) is 3.08. The van der Waals surface area contributed by atoms with Gasteiger partial charge in [0, 0.05) is 8.22 Å². The van der Waals surface area contributed by atoms with E-state index < -0.39 is 25.5 Å². The van der Waals surface area contributed by atoms with Crippen molar-refractivity contribution in [1.29, 1.82) is 0 Å². The smallest absolute Gasteiger partial charge is 0.0583 e. The van der Waals surface area contributed by atoms with E-state index in [1.54, 1.807) is 6.92 Å². The van der Waals surface area contributed by atoms with Crippen molar-refractivity contribution in [3.05, 3.63) is 47.6 Å². The van der Waals surface area contributed by atoms with Crippen LogP contribution in [0.5, 0.6) is 0 Å². The molecule has 3 fully saturated rings. The lowest BCUT2D eigenvalue weighted by Crippen LogP contribution is -2.35. The summed E-state index contributed by atoms with van der Waals surface area (Å²) in [7, 11) is 0. The molecule has 0 spiro atoms. The quantitative estimate of drug-likeness (QED) is 0.468. The van der Waals surface area contributed by atoms with Gasteiger partial charge in [0.25, 0.3) is 0 Å². The molecule has 1 N–H and O–H groups in total. The molecule has 1 nitrogen and oxygen atoms in total. The fraction of sp³-hybridized carbons (Fsp3) is 0.714. The highest BCUT2D eigenvalue weighted by atomic mass is 16.3. The molecule has 1 heteroatoms. The Morgan fingerprint density at radius 3 is 2.69 bits per heavy atom. The molecule has 0 bridgehead atoms. The molecule has 0 aromatic heterocycles. The first-order chi connectivity index (χ1) is 16.1. The van der Waals surface area contributed by atoms with Crippen molar-refractivity contribution in [2.75, 3.05) is 0 Å². The van der Waals surface area contributed by atoms with Gasteiger partial charge in [-0.15, -0.1) is 0 Å². The number of aliphatic hydroxyl groups is 1. The Kier molecular flexibility index (Phi) is 5.07. The molecule has 3 saturated carbocycles. The van der Waals surface area contributed by atoms with Crippen LogP contribution >= 0.6 is 0 Å². The van der Waals surface area contributed by atoms with E-state index in [0.29, 0.717) is 18.3 Å².